The number of aromatic amines is 1. The van der Waals surface area contributed by atoms with E-state index in [2.05, 4.69) is 20.4 Å². The molecule has 0 aliphatic carbocycles. The van der Waals surface area contributed by atoms with Crippen LogP contribution >= 0.6 is 0 Å². The Morgan fingerprint density at radius 3 is 2.16 bits per heavy atom. The molecule has 1 aromatic heterocycles. The molecule has 1 heterocycles. The van der Waals surface area contributed by atoms with Crippen LogP contribution in [0.2, 0.25) is 0 Å². The predicted molar refractivity (Wildman–Crippen MR) is 88.3 cm³/mol. The van der Waals surface area contributed by atoms with Crippen LogP contribution < -0.4 is 10.6 Å². The minimum atomic E-state index is -1.20. The predicted octanol–water partition coefficient (Wildman–Crippen LogP) is 1.20. The molecule has 1 aromatic rings. The molecule has 3 amide bonds. The molecular formula is C16H23N3O6. The molecule has 0 aliphatic rings. The van der Waals surface area contributed by atoms with E-state index in [0.717, 1.165) is 0 Å². The Morgan fingerprint density at radius 2 is 1.64 bits per heavy atom. The van der Waals surface area contributed by atoms with E-state index in [9.17, 15) is 19.2 Å². The molecule has 0 aromatic carbocycles. The molecule has 138 valence electrons. The summed E-state index contributed by atoms with van der Waals surface area (Å²) in [4.78, 5) is 50.1. The van der Waals surface area contributed by atoms with Crippen LogP contribution in [0.4, 0.5) is 4.79 Å². The van der Waals surface area contributed by atoms with E-state index >= 15 is 0 Å². The monoisotopic (exact) mass is 353 g/mol. The maximum Gasteiger partial charge on any atom is 0.355 e. The van der Waals surface area contributed by atoms with E-state index in [1.165, 1.54) is 14.0 Å². The van der Waals surface area contributed by atoms with Gasteiger partial charge in [0.15, 0.2) is 6.10 Å². The van der Waals surface area contributed by atoms with Gasteiger partial charge in [0.2, 0.25) is 0 Å². The van der Waals surface area contributed by atoms with Crippen LogP contribution in [0.25, 0.3) is 0 Å². The number of rotatable bonds is 5. The third kappa shape index (κ3) is 5.07. The second-order valence-corrected chi connectivity index (χ2v) is 5.78. The first-order valence-electron chi connectivity index (χ1n) is 7.68. The number of ether oxygens (including phenoxy) is 2. The molecule has 0 bridgehead atoms. The van der Waals surface area contributed by atoms with Gasteiger partial charge in [0, 0.05) is 11.7 Å². The first-order valence-corrected chi connectivity index (χ1v) is 7.68. The number of esters is 2. The number of imide groups is 1. The normalized spacial score (nSPS) is 11.6. The lowest BCUT2D eigenvalue weighted by atomic mass is 10.1. The number of hydrogen-bond donors (Lipinski definition) is 3. The number of methoxy groups -OCH3 is 1. The van der Waals surface area contributed by atoms with Crippen molar-refractivity contribution in [3.8, 4) is 0 Å². The number of urea groups is 1. The Balaban J connectivity index is 2.81. The van der Waals surface area contributed by atoms with Crippen LogP contribution in [0, 0.1) is 13.8 Å². The van der Waals surface area contributed by atoms with Crippen molar-refractivity contribution in [2.75, 3.05) is 7.11 Å². The standard InChI is InChI=1S/C16H23N3O6/c1-7(2)17-16(23)19-13(20)10(5)25-15(22)12-8(3)11(9(4)18-12)14(21)24-6/h7,10,18H,1-6H3,(H2,17,19,20,23)/t10-/m0/s1. The number of aromatic nitrogens is 1. The highest BCUT2D eigenvalue weighted by atomic mass is 16.5. The summed E-state index contributed by atoms with van der Waals surface area (Å²) in [6.07, 6.45) is -1.20. The van der Waals surface area contributed by atoms with Gasteiger partial charge >= 0.3 is 18.0 Å². The van der Waals surface area contributed by atoms with E-state index in [4.69, 9.17) is 4.74 Å². The van der Waals surface area contributed by atoms with Crippen molar-refractivity contribution in [1.29, 1.82) is 0 Å². The van der Waals surface area contributed by atoms with Crippen LogP contribution in [-0.4, -0.2) is 48.1 Å². The van der Waals surface area contributed by atoms with Crippen molar-refractivity contribution < 1.29 is 28.7 Å². The van der Waals surface area contributed by atoms with E-state index < -0.39 is 30.0 Å². The van der Waals surface area contributed by atoms with Gasteiger partial charge in [0.1, 0.15) is 5.69 Å². The van der Waals surface area contributed by atoms with E-state index in [0.29, 0.717) is 11.3 Å². The van der Waals surface area contributed by atoms with Gasteiger partial charge in [0.05, 0.1) is 12.7 Å². The zero-order chi connectivity index (χ0) is 19.3. The van der Waals surface area contributed by atoms with Crippen molar-refractivity contribution in [2.24, 2.45) is 0 Å². The molecule has 0 radical (unpaired) electrons. The highest BCUT2D eigenvalue weighted by molar-refractivity contribution is 6.00. The van der Waals surface area contributed by atoms with E-state index in [1.54, 1.807) is 27.7 Å². The molecule has 0 fully saturated rings. The molecule has 0 unspecified atom stereocenters. The quantitative estimate of drug-likeness (QED) is 0.683. The Labute approximate surface area is 145 Å². The van der Waals surface area contributed by atoms with Crippen LogP contribution in [0.1, 0.15) is 52.9 Å². The van der Waals surface area contributed by atoms with Crippen molar-refractivity contribution in [3.63, 3.8) is 0 Å². The number of amides is 3. The molecule has 0 saturated heterocycles. The summed E-state index contributed by atoms with van der Waals surface area (Å²) in [5.41, 5.74) is 1.09. The maximum atomic E-state index is 12.2. The molecular weight excluding hydrogens is 330 g/mol. The Bertz CT molecular complexity index is 692. The van der Waals surface area contributed by atoms with Crippen molar-refractivity contribution in [3.05, 3.63) is 22.5 Å². The zero-order valence-electron chi connectivity index (χ0n) is 15.1. The van der Waals surface area contributed by atoms with E-state index in [1.807, 2.05) is 0 Å². The lowest BCUT2D eigenvalue weighted by molar-refractivity contribution is -0.127. The Kier molecular flexibility index (Phi) is 6.72. The molecule has 0 aliphatic heterocycles. The lowest BCUT2D eigenvalue weighted by Gasteiger charge is -2.14. The third-order valence-corrected chi connectivity index (χ3v) is 3.34. The summed E-state index contributed by atoms with van der Waals surface area (Å²) >= 11 is 0. The van der Waals surface area contributed by atoms with Crippen LogP contribution in [0.15, 0.2) is 0 Å². The second-order valence-electron chi connectivity index (χ2n) is 5.78. The van der Waals surface area contributed by atoms with Crippen LogP contribution in [-0.2, 0) is 14.3 Å². The summed E-state index contributed by atoms with van der Waals surface area (Å²) < 4.78 is 9.72. The number of H-pyrrole nitrogens is 1. The molecule has 1 atom stereocenters. The van der Waals surface area contributed by atoms with E-state index in [-0.39, 0.29) is 17.3 Å². The summed E-state index contributed by atoms with van der Waals surface area (Å²) in [5.74, 6) is -2.16. The van der Waals surface area contributed by atoms with Gasteiger partial charge in [-0.1, -0.05) is 0 Å². The molecule has 3 N–H and O–H groups in total. The first kappa shape index (κ1) is 20.2. The fourth-order valence-electron chi connectivity index (χ4n) is 2.15. The smallest absolute Gasteiger partial charge is 0.355 e. The number of aryl methyl sites for hydroxylation is 1. The summed E-state index contributed by atoms with van der Waals surface area (Å²) in [5, 5.41) is 4.56. The fraction of sp³-hybridized carbons (Fsp3) is 0.500. The van der Waals surface area contributed by atoms with Gasteiger partial charge in [-0.2, -0.15) is 0 Å². The molecule has 25 heavy (non-hydrogen) atoms. The van der Waals surface area contributed by atoms with Gasteiger partial charge in [-0.25, -0.2) is 14.4 Å². The lowest BCUT2D eigenvalue weighted by Crippen LogP contribution is -2.46. The molecule has 9 heteroatoms. The van der Waals surface area contributed by atoms with Crippen molar-refractivity contribution in [1.82, 2.24) is 15.6 Å². The minimum Gasteiger partial charge on any atom is -0.465 e. The Morgan fingerprint density at radius 1 is 1.04 bits per heavy atom. The maximum absolute atomic E-state index is 12.2. The summed E-state index contributed by atoms with van der Waals surface area (Å²) in [6.45, 7) is 7.99. The van der Waals surface area contributed by atoms with Gasteiger partial charge in [-0.3, -0.25) is 10.1 Å². The number of carbonyl (C=O) groups is 4. The minimum absolute atomic E-state index is 0.0455. The van der Waals surface area contributed by atoms with Gasteiger partial charge < -0.3 is 19.8 Å². The van der Waals surface area contributed by atoms with Gasteiger partial charge in [0.25, 0.3) is 5.91 Å². The summed E-state index contributed by atoms with van der Waals surface area (Å²) in [6, 6.07) is -0.824. The first-order chi connectivity index (χ1) is 11.6. The molecule has 9 nitrogen and oxygen atoms in total. The molecule has 0 saturated carbocycles. The van der Waals surface area contributed by atoms with Crippen molar-refractivity contribution >= 4 is 23.9 Å². The third-order valence-electron chi connectivity index (χ3n) is 3.34. The Hall–Kier alpha value is -2.84. The average molecular weight is 353 g/mol. The molecule has 0 spiro atoms. The summed E-state index contributed by atoms with van der Waals surface area (Å²) in [7, 11) is 1.24. The fourth-order valence-corrected chi connectivity index (χ4v) is 2.15. The molecule has 1 rings (SSSR count). The topological polar surface area (TPSA) is 127 Å². The van der Waals surface area contributed by atoms with Crippen LogP contribution in [0.3, 0.4) is 0 Å². The van der Waals surface area contributed by atoms with Crippen LogP contribution in [0.5, 0.6) is 0 Å². The SMILES string of the molecule is COC(=O)c1c(C)[nH]c(C(=O)O[C@@H](C)C(=O)NC(=O)NC(C)C)c1C. The number of nitrogens with one attached hydrogen (secondary N) is 3. The zero-order valence-corrected chi connectivity index (χ0v) is 15.1. The van der Waals surface area contributed by atoms with Crippen molar-refractivity contribution in [2.45, 2.75) is 46.8 Å². The highest BCUT2D eigenvalue weighted by Crippen LogP contribution is 2.20. The number of carbonyl (C=O) groups excluding carboxylic acids is 4. The van der Waals surface area contributed by atoms with Gasteiger partial charge in [-0.05, 0) is 40.2 Å². The highest BCUT2D eigenvalue weighted by Gasteiger charge is 2.26. The van der Waals surface area contributed by atoms with Gasteiger partial charge in [-0.15, -0.1) is 0 Å². The largest absolute Gasteiger partial charge is 0.465 e. The average Bonchev–Trinajstić information content (AvgIpc) is 2.80. The second kappa shape index (κ2) is 8.32. The number of hydrogen-bond acceptors (Lipinski definition) is 6.